The van der Waals surface area contributed by atoms with Crippen LogP contribution in [-0.4, -0.2) is 64.2 Å². The number of thiazole rings is 1. The molecule has 0 amide bonds. The molecule has 0 bridgehead atoms. The van der Waals surface area contributed by atoms with Crippen LogP contribution in [-0.2, 0) is 6.42 Å². The maximum absolute atomic E-state index is 16.7. The van der Waals surface area contributed by atoms with Crippen LogP contribution in [0.4, 0.5) is 19.7 Å². The quantitative estimate of drug-likeness (QED) is 0.304. The predicted molar refractivity (Wildman–Crippen MR) is 150 cm³/mol. The van der Waals surface area contributed by atoms with Gasteiger partial charge in [-0.2, -0.15) is 15.2 Å². The second-order valence-electron chi connectivity index (χ2n) is 10.8. The summed E-state index contributed by atoms with van der Waals surface area (Å²) in [6, 6.07) is 6.86. The minimum absolute atomic E-state index is 0.0194. The van der Waals surface area contributed by atoms with Gasteiger partial charge >= 0.3 is 6.01 Å². The van der Waals surface area contributed by atoms with Crippen LogP contribution in [0.1, 0.15) is 31.2 Å². The number of nitrogens with one attached hydrogen (secondary N) is 2. The summed E-state index contributed by atoms with van der Waals surface area (Å²) < 4.78 is 37.7. The Morgan fingerprint density at radius 1 is 1.18 bits per heavy atom. The van der Waals surface area contributed by atoms with Crippen LogP contribution in [0.2, 0.25) is 0 Å². The zero-order valence-electron chi connectivity index (χ0n) is 21.8. The van der Waals surface area contributed by atoms with Crippen LogP contribution < -0.4 is 21.1 Å². The maximum Gasteiger partial charge on any atom is 0.319 e. The topological polar surface area (TPSA) is 125 Å². The molecule has 0 saturated carbocycles. The van der Waals surface area contributed by atoms with Crippen molar-refractivity contribution >= 4 is 43.4 Å². The van der Waals surface area contributed by atoms with E-state index < -0.39 is 11.6 Å². The molecule has 3 aliphatic rings. The largest absolute Gasteiger partial charge is 0.461 e. The molecule has 4 N–H and O–H groups in total. The first-order valence-electron chi connectivity index (χ1n) is 13.6. The lowest BCUT2D eigenvalue weighted by Gasteiger charge is -2.31. The standard InChI is InChI=1S/C28H28F2N8OS/c29-19-4-3-17(23-24(19)40-26(32)35-23)20-15(5-8-31)11-18-22(21(20)30)36-27(37-25(18)34-16-12-33-13-16)39-14-28-6-1-9-38(28)10-2-7-28/h3-4,11,16,33H,1-2,5-7,9-10,12-14H2,(H2,32,35)(H,34,36,37). The maximum atomic E-state index is 16.7. The van der Waals surface area contributed by atoms with Gasteiger partial charge in [0.2, 0.25) is 0 Å². The van der Waals surface area contributed by atoms with Gasteiger partial charge in [0.1, 0.15) is 23.8 Å². The Balaban J connectivity index is 1.38. The van der Waals surface area contributed by atoms with Gasteiger partial charge in [-0.05, 0) is 62.5 Å². The Hall–Kier alpha value is -3.66. The molecule has 0 spiro atoms. The molecule has 3 aliphatic heterocycles. The molecule has 2 aromatic heterocycles. The summed E-state index contributed by atoms with van der Waals surface area (Å²) in [4.78, 5) is 16.0. The highest BCUT2D eigenvalue weighted by Gasteiger charge is 2.45. The van der Waals surface area contributed by atoms with Crippen LogP contribution in [0.5, 0.6) is 6.01 Å². The summed E-state index contributed by atoms with van der Waals surface area (Å²) in [6.07, 6.45) is 4.33. The van der Waals surface area contributed by atoms with Crippen molar-refractivity contribution in [2.45, 2.75) is 43.7 Å². The zero-order valence-corrected chi connectivity index (χ0v) is 22.6. The van der Waals surface area contributed by atoms with E-state index in [1.54, 1.807) is 6.07 Å². The molecule has 206 valence electrons. The summed E-state index contributed by atoms with van der Waals surface area (Å²) >= 11 is 1.00. The lowest BCUT2D eigenvalue weighted by Crippen LogP contribution is -2.51. The van der Waals surface area contributed by atoms with Gasteiger partial charge in [-0.3, -0.25) is 4.90 Å². The molecule has 4 aromatic rings. The fourth-order valence-corrected chi connectivity index (χ4v) is 7.15. The Morgan fingerprint density at radius 2 is 1.98 bits per heavy atom. The average molecular weight is 563 g/mol. The van der Waals surface area contributed by atoms with E-state index in [-0.39, 0.29) is 50.4 Å². The Labute approximate surface area is 233 Å². The van der Waals surface area contributed by atoms with Crippen molar-refractivity contribution in [2.24, 2.45) is 0 Å². The molecular formula is C28H28F2N8OS. The molecule has 9 nitrogen and oxygen atoms in total. The SMILES string of the molecule is N#CCc1cc2c(NC3CNC3)nc(OCC34CCCN3CCC4)nc2c(F)c1-c1ccc(F)c2sc(N)nc12. The second kappa shape index (κ2) is 9.76. The molecule has 2 aromatic carbocycles. The molecule has 40 heavy (non-hydrogen) atoms. The number of halogens is 2. The highest BCUT2D eigenvalue weighted by atomic mass is 32.1. The van der Waals surface area contributed by atoms with Gasteiger partial charge in [0.25, 0.3) is 0 Å². The van der Waals surface area contributed by atoms with Crippen molar-refractivity contribution in [3.63, 3.8) is 0 Å². The number of rotatable bonds is 7. The van der Waals surface area contributed by atoms with Crippen molar-refractivity contribution < 1.29 is 13.5 Å². The van der Waals surface area contributed by atoms with Crippen molar-refractivity contribution in [3.8, 4) is 23.2 Å². The first-order valence-corrected chi connectivity index (χ1v) is 14.4. The first-order chi connectivity index (χ1) is 19.5. The predicted octanol–water partition coefficient (Wildman–Crippen LogP) is 4.22. The van der Waals surface area contributed by atoms with Gasteiger partial charge < -0.3 is 21.1 Å². The van der Waals surface area contributed by atoms with E-state index >= 15 is 4.39 Å². The van der Waals surface area contributed by atoms with E-state index in [4.69, 9.17) is 10.5 Å². The summed E-state index contributed by atoms with van der Waals surface area (Å²) in [5, 5.41) is 16.9. The van der Waals surface area contributed by atoms with Crippen LogP contribution >= 0.6 is 11.3 Å². The molecule has 3 saturated heterocycles. The third kappa shape index (κ3) is 4.11. The summed E-state index contributed by atoms with van der Waals surface area (Å²) in [5.74, 6) is -0.655. The van der Waals surface area contributed by atoms with E-state index in [0.717, 1.165) is 63.2 Å². The number of aromatic nitrogens is 3. The van der Waals surface area contributed by atoms with Gasteiger partial charge in [-0.25, -0.2) is 13.8 Å². The first kappa shape index (κ1) is 25.3. The van der Waals surface area contributed by atoms with E-state index in [2.05, 4.69) is 36.6 Å². The average Bonchev–Trinajstić information content (AvgIpc) is 3.61. The molecule has 0 radical (unpaired) electrons. The number of nitrogens with two attached hydrogens (primary N) is 1. The lowest BCUT2D eigenvalue weighted by atomic mass is 9.94. The van der Waals surface area contributed by atoms with Gasteiger partial charge in [0.15, 0.2) is 10.9 Å². The molecule has 0 atom stereocenters. The lowest BCUT2D eigenvalue weighted by molar-refractivity contribution is 0.108. The van der Waals surface area contributed by atoms with Crippen LogP contribution in [0.3, 0.4) is 0 Å². The number of nitriles is 1. The van der Waals surface area contributed by atoms with Gasteiger partial charge in [0.05, 0.1) is 34.3 Å². The molecule has 0 aliphatic carbocycles. The molecular weight excluding hydrogens is 534 g/mol. The number of ether oxygens (including phenoxy) is 1. The smallest absolute Gasteiger partial charge is 0.319 e. The van der Waals surface area contributed by atoms with Gasteiger partial charge in [0, 0.05) is 29.6 Å². The molecule has 7 rings (SSSR count). The second-order valence-corrected chi connectivity index (χ2v) is 11.9. The van der Waals surface area contributed by atoms with Gasteiger partial charge in [-0.15, -0.1) is 0 Å². The van der Waals surface area contributed by atoms with Crippen molar-refractivity contribution in [1.82, 2.24) is 25.2 Å². The summed E-state index contributed by atoms with van der Waals surface area (Å²) in [6.45, 7) is 4.09. The zero-order chi connectivity index (χ0) is 27.4. The summed E-state index contributed by atoms with van der Waals surface area (Å²) in [7, 11) is 0. The van der Waals surface area contributed by atoms with Crippen LogP contribution in [0.25, 0.3) is 32.2 Å². The highest BCUT2D eigenvalue weighted by molar-refractivity contribution is 7.22. The fraction of sp³-hybridized carbons (Fsp3) is 0.429. The minimum atomic E-state index is -0.634. The molecule has 3 fully saturated rings. The number of anilines is 2. The Bertz CT molecular complexity index is 1670. The normalized spacial score (nSPS) is 18.6. The molecule has 5 heterocycles. The number of hydrogen-bond donors (Lipinski definition) is 3. The molecule has 12 heteroatoms. The number of hydrogen-bond acceptors (Lipinski definition) is 10. The third-order valence-corrected chi connectivity index (χ3v) is 9.34. The van der Waals surface area contributed by atoms with E-state index in [0.29, 0.717) is 28.9 Å². The number of nitrogens with zero attached hydrogens (tertiary/aromatic N) is 5. The Morgan fingerprint density at radius 3 is 2.70 bits per heavy atom. The van der Waals surface area contributed by atoms with Crippen LogP contribution in [0.15, 0.2) is 18.2 Å². The van der Waals surface area contributed by atoms with Crippen molar-refractivity contribution in [1.29, 1.82) is 5.26 Å². The van der Waals surface area contributed by atoms with E-state index in [1.165, 1.54) is 12.1 Å². The minimum Gasteiger partial charge on any atom is -0.461 e. The highest BCUT2D eigenvalue weighted by Crippen LogP contribution is 2.42. The fourth-order valence-electron chi connectivity index (χ4n) is 6.39. The molecule has 0 unspecified atom stereocenters. The number of fused-ring (bicyclic) bond motifs is 3. The van der Waals surface area contributed by atoms with Crippen molar-refractivity contribution in [3.05, 3.63) is 35.4 Å². The van der Waals surface area contributed by atoms with Crippen molar-refractivity contribution in [2.75, 3.05) is 43.8 Å². The van der Waals surface area contributed by atoms with Crippen LogP contribution in [0, 0.1) is 23.0 Å². The number of nitrogen functional groups attached to an aromatic ring is 1. The third-order valence-electron chi connectivity index (χ3n) is 8.45. The Kier molecular flexibility index (Phi) is 6.18. The number of benzene rings is 2. The van der Waals surface area contributed by atoms with E-state index in [9.17, 15) is 9.65 Å². The van der Waals surface area contributed by atoms with Gasteiger partial charge in [-0.1, -0.05) is 11.3 Å². The summed E-state index contributed by atoms with van der Waals surface area (Å²) in [5.41, 5.74) is 7.16. The monoisotopic (exact) mass is 562 g/mol. The van der Waals surface area contributed by atoms with E-state index in [1.807, 2.05) is 0 Å².